The summed E-state index contributed by atoms with van der Waals surface area (Å²) in [7, 11) is 0. The van der Waals surface area contributed by atoms with Crippen LogP contribution in [0.2, 0.25) is 0 Å². The molecule has 0 saturated carbocycles. The van der Waals surface area contributed by atoms with E-state index in [4.69, 9.17) is 5.10 Å². The fourth-order valence-electron chi connectivity index (χ4n) is 3.34. The molecule has 0 unspecified atom stereocenters. The molecule has 2 aromatic heterocycles. The van der Waals surface area contributed by atoms with E-state index in [2.05, 4.69) is 48.0 Å². The van der Waals surface area contributed by atoms with Gasteiger partial charge in [-0.3, -0.25) is 4.79 Å². The van der Waals surface area contributed by atoms with Gasteiger partial charge in [-0.15, -0.1) is 11.3 Å². The first-order valence-electron chi connectivity index (χ1n) is 8.19. The summed E-state index contributed by atoms with van der Waals surface area (Å²) in [6, 6.07) is 12.5. The maximum absolute atomic E-state index is 12.3. The van der Waals surface area contributed by atoms with Gasteiger partial charge in [0, 0.05) is 22.8 Å². The van der Waals surface area contributed by atoms with Gasteiger partial charge in [-0.2, -0.15) is 5.10 Å². The zero-order valence-corrected chi connectivity index (χ0v) is 14.6. The van der Waals surface area contributed by atoms with Crippen molar-refractivity contribution in [3.05, 3.63) is 63.5 Å². The molecular formula is C19H19N3OS. The molecule has 0 aliphatic carbocycles. The quantitative estimate of drug-likeness (QED) is 0.775. The molecule has 0 fully saturated rings. The van der Waals surface area contributed by atoms with Crippen LogP contribution >= 0.6 is 11.3 Å². The average Bonchev–Trinajstić information content (AvgIpc) is 3.23. The lowest BCUT2D eigenvalue weighted by atomic mass is 9.91. The molecule has 4 rings (SSSR count). The Morgan fingerprint density at radius 2 is 2.08 bits per heavy atom. The van der Waals surface area contributed by atoms with E-state index in [0.717, 1.165) is 29.2 Å². The van der Waals surface area contributed by atoms with Gasteiger partial charge < -0.3 is 5.32 Å². The van der Waals surface area contributed by atoms with Gasteiger partial charge in [-0.1, -0.05) is 25.1 Å². The van der Waals surface area contributed by atoms with E-state index in [1.165, 1.54) is 10.4 Å². The van der Waals surface area contributed by atoms with Crippen LogP contribution in [0.1, 0.15) is 41.0 Å². The van der Waals surface area contributed by atoms with Crippen LogP contribution < -0.4 is 5.32 Å². The van der Waals surface area contributed by atoms with Gasteiger partial charge >= 0.3 is 0 Å². The van der Waals surface area contributed by atoms with E-state index >= 15 is 0 Å². The summed E-state index contributed by atoms with van der Waals surface area (Å²) in [4.78, 5) is 13.5. The molecule has 1 aromatic carbocycles. The molecule has 0 spiro atoms. The van der Waals surface area contributed by atoms with Crippen LogP contribution in [0.15, 0.2) is 41.8 Å². The summed E-state index contributed by atoms with van der Waals surface area (Å²) in [5.74, 6) is 0.955. The molecule has 122 valence electrons. The lowest BCUT2D eigenvalue weighted by Gasteiger charge is -2.23. The molecule has 4 nitrogen and oxygen atoms in total. The van der Waals surface area contributed by atoms with Crippen molar-refractivity contribution in [1.29, 1.82) is 0 Å². The van der Waals surface area contributed by atoms with E-state index in [-0.39, 0.29) is 11.8 Å². The highest BCUT2D eigenvalue weighted by molar-refractivity contribution is 7.10. The first-order valence-corrected chi connectivity index (χ1v) is 9.07. The number of rotatable bonds is 3. The number of nitrogens with zero attached hydrogens (tertiary/aromatic N) is 2. The van der Waals surface area contributed by atoms with Crippen LogP contribution in [0.25, 0.3) is 5.69 Å². The van der Waals surface area contributed by atoms with Gasteiger partial charge in [0.1, 0.15) is 5.82 Å². The Hall–Kier alpha value is -2.40. The molecule has 1 amide bonds. The van der Waals surface area contributed by atoms with E-state index in [1.807, 2.05) is 17.7 Å². The van der Waals surface area contributed by atoms with Gasteiger partial charge in [0.05, 0.1) is 11.4 Å². The zero-order chi connectivity index (χ0) is 16.7. The third-order valence-electron chi connectivity index (χ3n) is 4.58. The predicted molar refractivity (Wildman–Crippen MR) is 97.1 cm³/mol. The van der Waals surface area contributed by atoms with Crippen molar-refractivity contribution in [1.82, 2.24) is 9.78 Å². The van der Waals surface area contributed by atoms with E-state index in [0.29, 0.717) is 6.42 Å². The lowest BCUT2D eigenvalue weighted by molar-refractivity contribution is -0.116. The molecule has 3 aromatic rings. The number of thiophene rings is 1. The fraction of sp³-hybridized carbons (Fsp3) is 0.263. The molecule has 0 radical (unpaired) electrons. The van der Waals surface area contributed by atoms with Gasteiger partial charge in [-0.25, -0.2) is 4.68 Å². The molecule has 1 aliphatic heterocycles. The fourth-order valence-corrected chi connectivity index (χ4v) is 4.18. The number of anilines is 1. The van der Waals surface area contributed by atoms with Gasteiger partial charge in [-0.05, 0) is 42.5 Å². The average molecular weight is 337 g/mol. The summed E-state index contributed by atoms with van der Waals surface area (Å²) in [5, 5.41) is 9.81. The van der Waals surface area contributed by atoms with Crippen molar-refractivity contribution >= 4 is 23.1 Å². The topological polar surface area (TPSA) is 46.9 Å². The maximum Gasteiger partial charge on any atom is 0.226 e. The van der Waals surface area contributed by atoms with E-state index in [9.17, 15) is 4.79 Å². The number of benzene rings is 1. The first kappa shape index (κ1) is 15.1. The first-order chi connectivity index (χ1) is 11.7. The Labute approximate surface area is 145 Å². The number of hydrogen-bond acceptors (Lipinski definition) is 3. The van der Waals surface area contributed by atoms with Crippen molar-refractivity contribution in [3.8, 4) is 5.69 Å². The zero-order valence-electron chi connectivity index (χ0n) is 13.7. The summed E-state index contributed by atoms with van der Waals surface area (Å²) in [6.45, 7) is 4.16. The number of fused-ring (bicyclic) bond motifs is 1. The Kier molecular flexibility index (Phi) is 3.73. The molecule has 0 saturated heterocycles. The SMILES string of the molecule is CCc1ccc(-n2nc(C)c3c2NC(=O)C[C@@H]3c2cccs2)cc1. The van der Waals surface area contributed by atoms with Crippen LogP contribution in [0.4, 0.5) is 5.82 Å². The Morgan fingerprint density at radius 3 is 2.75 bits per heavy atom. The van der Waals surface area contributed by atoms with E-state index in [1.54, 1.807) is 11.3 Å². The van der Waals surface area contributed by atoms with Crippen molar-refractivity contribution in [2.45, 2.75) is 32.6 Å². The number of carbonyl (C=O) groups is 1. The lowest BCUT2D eigenvalue weighted by Crippen LogP contribution is -2.24. The highest BCUT2D eigenvalue weighted by Gasteiger charge is 2.33. The second-order valence-corrected chi connectivity index (χ2v) is 7.08. The number of nitrogens with one attached hydrogen (secondary N) is 1. The molecule has 0 bridgehead atoms. The van der Waals surface area contributed by atoms with Crippen LogP contribution in [0, 0.1) is 6.92 Å². The van der Waals surface area contributed by atoms with Crippen LogP contribution in [0.3, 0.4) is 0 Å². The predicted octanol–water partition coefficient (Wildman–Crippen LogP) is 4.28. The Bertz CT molecular complexity index is 878. The second kappa shape index (κ2) is 5.91. The molecule has 3 heterocycles. The van der Waals surface area contributed by atoms with Crippen LogP contribution in [-0.4, -0.2) is 15.7 Å². The largest absolute Gasteiger partial charge is 0.310 e. The molecule has 1 atom stereocenters. The Balaban J connectivity index is 1.84. The maximum atomic E-state index is 12.3. The van der Waals surface area contributed by atoms with Gasteiger partial charge in [0.25, 0.3) is 0 Å². The number of amides is 1. The molecular weight excluding hydrogens is 318 g/mol. The number of aromatic nitrogens is 2. The highest BCUT2D eigenvalue weighted by atomic mass is 32.1. The monoisotopic (exact) mass is 337 g/mol. The molecule has 1 aliphatic rings. The summed E-state index contributed by atoms with van der Waals surface area (Å²) in [5.41, 5.74) is 4.38. The number of carbonyl (C=O) groups excluding carboxylic acids is 1. The van der Waals surface area contributed by atoms with Crippen molar-refractivity contribution in [3.63, 3.8) is 0 Å². The third kappa shape index (κ3) is 2.45. The standard InChI is InChI=1S/C19H19N3OS/c1-3-13-6-8-14(9-7-13)22-19-18(12(2)21-22)15(11-17(23)20-19)16-5-4-10-24-16/h4-10,15H,3,11H2,1-2H3,(H,20,23)/t15-/m1/s1. The third-order valence-corrected chi connectivity index (χ3v) is 5.56. The Morgan fingerprint density at radius 1 is 1.29 bits per heavy atom. The molecule has 1 N–H and O–H groups in total. The highest BCUT2D eigenvalue weighted by Crippen LogP contribution is 2.41. The van der Waals surface area contributed by atoms with E-state index < -0.39 is 0 Å². The molecule has 24 heavy (non-hydrogen) atoms. The minimum Gasteiger partial charge on any atom is -0.310 e. The van der Waals surface area contributed by atoms with Crippen molar-refractivity contribution in [2.75, 3.05) is 5.32 Å². The van der Waals surface area contributed by atoms with Gasteiger partial charge in [0.2, 0.25) is 5.91 Å². The normalized spacial score (nSPS) is 16.8. The van der Waals surface area contributed by atoms with Crippen molar-refractivity contribution in [2.24, 2.45) is 0 Å². The van der Waals surface area contributed by atoms with Gasteiger partial charge in [0.15, 0.2) is 0 Å². The summed E-state index contributed by atoms with van der Waals surface area (Å²) in [6.07, 6.45) is 1.49. The minimum atomic E-state index is 0.0484. The minimum absolute atomic E-state index is 0.0484. The summed E-state index contributed by atoms with van der Waals surface area (Å²) >= 11 is 1.70. The smallest absolute Gasteiger partial charge is 0.226 e. The molecule has 5 heteroatoms. The van der Waals surface area contributed by atoms with Crippen LogP contribution in [0.5, 0.6) is 0 Å². The second-order valence-electron chi connectivity index (χ2n) is 6.10. The van der Waals surface area contributed by atoms with Crippen LogP contribution in [-0.2, 0) is 11.2 Å². The summed E-state index contributed by atoms with van der Waals surface area (Å²) < 4.78 is 1.86. The number of hydrogen-bond donors (Lipinski definition) is 1. The number of aryl methyl sites for hydroxylation is 2. The van der Waals surface area contributed by atoms with Crippen molar-refractivity contribution < 1.29 is 4.79 Å².